The predicted octanol–water partition coefficient (Wildman–Crippen LogP) is 3.57. The molecule has 0 spiro atoms. The largest absolute Gasteiger partial charge is 0.393 e. The van der Waals surface area contributed by atoms with Crippen LogP contribution >= 0.6 is 0 Å². The van der Waals surface area contributed by atoms with Crippen molar-refractivity contribution in [3.05, 3.63) is 35.4 Å². The number of likely N-dealkylation sites (tertiary alicyclic amines) is 1. The number of alkyl halides is 3. The van der Waals surface area contributed by atoms with E-state index in [1.165, 1.54) is 5.56 Å². The summed E-state index contributed by atoms with van der Waals surface area (Å²) >= 11 is 0. The number of nitrogens with one attached hydrogen (secondary N) is 1. The third-order valence-electron chi connectivity index (χ3n) is 4.05. The van der Waals surface area contributed by atoms with Crippen LogP contribution in [0.1, 0.15) is 30.9 Å². The van der Waals surface area contributed by atoms with Crippen molar-refractivity contribution in [1.29, 1.82) is 0 Å². The van der Waals surface area contributed by atoms with Gasteiger partial charge in [0.1, 0.15) is 0 Å². The third kappa shape index (κ3) is 4.71. The van der Waals surface area contributed by atoms with Crippen LogP contribution in [-0.2, 0) is 13.1 Å². The number of halogens is 3. The molecule has 1 saturated heterocycles. The zero-order valence-corrected chi connectivity index (χ0v) is 12.4. The second-order valence-corrected chi connectivity index (χ2v) is 5.66. The molecule has 0 aromatic heterocycles. The molecule has 5 heteroatoms. The van der Waals surface area contributed by atoms with E-state index < -0.39 is 12.1 Å². The maximum atomic E-state index is 12.9. The number of hydrogen-bond acceptors (Lipinski definition) is 2. The van der Waals surface area contributed by atoms with Crippen molar-refractivity contribution in [2.24, 2.45) is 5.92 Å². The highest BCUT2D eigenvalue weighted by molar-refractivity contribution is 5.27. The number of benzene rings is 1. The summed E-state index contributed by atoms with van der Waals surface area (Å²) in [5.74, 6) is -1.17. The summed E-state index contributed by atoms with van der Waals surface area (Å²) in [4.78, 5) is 1.94. The van der Waals surface area contributed by atoms with E-state index in [0.717, 1.165) is 25.2 Å². The predicted molar refractivity (Wildman–Crippen MR) is 77.9 cm³/mol. The van der Waals surface area contributed by atoms with Gasteiger partial charge >= 0.3 is 6.18 Å². The molecular weight excluding hydrogens is 277 g/mol. The first-order valence-electron chi connectivity index (χ1n) is 7.57. The lowest BCUT2D eigenvalue weighted by Crippen LogP contribution is -2.41. The van der Waals surface area contributed by atoms with Gasteiger partial charge in [0.15, 0.2) is 0 Å². The van der Waals surface area contributed by atoms with E-state index in [-0.39, 0.29) is 13.0 Å². The van der Waals surface area contributed by atoms with Crippen molar-refractivity contribution in [2.75, 3.05) is 19.6 Å². The molecule has 2 nitrogen and oxygen atoms in total. The number of hydrogen-bond donors (Lipinski definition) is 1. The molecule has 21 heavy (non-hydrogen) atoms. The van der Waals surface area contributed by atoms with Gasteiger partial charge in [0, 0.05) is 19.6 Å². The second kappa shape index (κ2) is 7.27. The Hall–Kier alpha value is -1.07. The van der Waals surface area contributed by atoms with Crippen molar-refractivity contribution in [3.8, 4) is 0 Å². The molecule has 1 aliphatic heterocycles. The summed E-state index contributed by atoms with van der Waals surface area (Å²) in [5.41, 5.74) is 2.30. The van der Waals surface area contributed by atoms with Gasteiger partial charge in [-0.3, -0.25) is 4.90 Å². The Morgan fingerprint density at radius 3 is 2.62 bits per heavy atom. The van der Waals surface area contributed by atoms with E-state index in [0.29, 0.717) is 13.0 Å². The Bertz CT molecular complexity index is 445. The molecule has 1 aliphatic rings. The van der Waals surface area contributed by atoms with E-state index in [4.69, 9.17) is 0 Å². The Kier molecular flexibility index (Phi) is 5.65. The van der Waals surface area contributed by atoms with Gasteiger partial charge < -0.3 is 5.32 Å². The third-order valence-corrected chi connectivity index (χ3v) is 4.05. The van der Waals surface area contributed by atoms with E-state index in [2.05, 4.69) is 5.32 Å². The first-order valence-corrected chi connectivity index (χ1v) is 7.57. The topological polar surface area (TPSA) is 15.3 Å². The van der Waals surface area contributed by atoms with Gasteiger partial charge in [-0.1, -0.05) is 31.2 Å². The molecule has 1 fully saturated rings. The molecule has 1 unspecified atom stereocenters. The molecule has 0 saturated carbocycles. The second-order valence-electron chi connectivity index (χ2n) is 5.66. The maximum absolute atomic E-state index is 12.9. The van der Waals surface area contributed by atoms with Gasteiger partial charge in [0.2, 0.25) is 0 Å². The molecular formula is C16H23F3N2. The summed E-state index contributed by atoms with van der Waals surface area (Å²) in [6, 6.07) is 7.99. The van der Waals surface area contributed by atoms with Crippen molar-refractivity contribution >= 4 is 0 Å². The van der Waals surface area contributed by atoms with Gasteiger partial charge in [0.05, 0.1) is 5.92 Å². The lowest BCUT2D eigenvalue weighted by molar-refractivity contribution is -0.187. The van der Waals surface area contributed by atoms with Gasteiger partial charge in [-0.15, -0.1) is 0 Å². The zero-order chi connectivity index (χ0) is 15.3. The zero-order valence-electron chi connectivity index (χ0n) is 12.4. The summed E-state index contributed by atoms with van der Waals surface area (Å²) in [6.45, 7) is 5.17. The minimum absolute atomic E-state index is 0.124. The van der Waals surface area contributed by atoms with Gasteiger partial charge in [-0.25, -0.2) is 0 Å². The smallest absolute Gasteiger partial charge is 0.313 e. The number of nitrogens with zero attached hydrogens (tertiary/aromatic N) is 1. The molecule has 2 rings (SSSR count). The van der Waals surface area contributed by atoms with Crippen LogP contribution in [0.5, 0.6) is 0 Å². The number of rotatable bonds is 5. The number of piperidine rings is 1. The summed E-state index contributed by atoms with van der Waals surface area (Å²) < 4.78 is 38.6. The van der Waals surface area contributed by atoms with Crippen LogP contribution in [0.2, 0.25) is 0 Å². The average molecular weight is 300 g/mol. The molecule has 118 valence electrons. The monoisotopic (exact) mass is 300 g/mol. The highest BCUT2D eigenvalue weighted by atomic mass is 19.4. The summed E-state index contributed by atoms with van der Waals surface area (Å²) in [5, 5.41) is 3.28. The van der Waals surface area contributed by atoms with Crippen LogP contribution in [0.15, 0.2) is 24.3 Å². The van der Waals surface area contributed by atoms with Crippen molar-refractivity contribution < 1.29 is 13.2 Å². The Labute approximate surface area is 124 Å². The molecule has 1 heterocycles. The first-order chi connectivity index (χ1) is 10.0. The first kappa shape index (κ1) is 16.3. The SMILES string of the molecule is CCNCc1ccccc1CN1CCCC(C(F)(F)F)C1. The van der Waals surface area contributed by atoms with Gasteiger partial charge in [-0.05, 0) is 37.1 Å². The van der Waals surface area contributed by atoms with Crippen LogP contribution in [-0.4, -0.2) is 30.7 Å². The molecule has 0 bridgehead atoms. The molecule has 1 aromatic carbocycles. The van der Waals surface area contributed by atoms with Crippen LogP contribution in [0.25, 0.3) is 0 Å². The highest BCUT2D eigenvalue weighted by Crippen LogP contribution is 2.33. The fourth-order valence-corrected chi connectivity index (χ4v) is 2.85. The standard InChI is InChI=1S/C16H23F3N2/c1-2-20-10-13-6-3-4-7-14(13)11-21-9-5-8-15(12-21)16(17,18)19/h3-4,6-7,15,20H,2,5,8-12H2,1H3. The summed E-state index contributed by atoms with van der Waals surface area (Å²) in [7, 11) is 0. The minimum atomic E-state index is -4.07. The quantitative estimate of drug-likeness (QED) is 0.894. The molecule has 0 amide bonds. The summed E-state index contributed by atoms with van der Waals surface area (Å²) in [6.07, 6.45) is -3.18. The fraction of sp³-hybridized carbons (Fsp3) is 0.625. The maximum Gasteiger partial charge on any atom is 0.393 e. The lowest BCUT2D eigenvalue weighted by Gasteiger charge is -2.34. The molecule has 0 radical (unpaired) electrons. The molecule has 1 N–H and O–H groups in total. The normalized spacial score (nSPS) is 20.7. The Morgan fingerprint density at radius 1 is 1.24 bits per heavy atom. The van der Waals surface area contributed by atoms with Crippen molar-refractivity contribution in [3.63, 3.8) is 0 Å². The van der Waals surface area contributed by atoms with Crippen LogP contribution in [0.4, 0.5) is 13.2 Å². The lowest BCUT2D eigenvalue weighted by atomic mass is 9.96. The molecule has 1 atom stereocenters. The van der Waals surface area contributed by atoms with Crippen molar-refractivity contribution in [1.82, 2.24) is 10.2 Å². The van der Waals surface area contributed by atoms with Crippen molar-refractivity contribution in [2.45, 2.75) is 39.0 Å². The molecule has 0 aliphatic carbocycles. The minimum Gasteiger partial charge on any atom is -0.313 e. The average Bonchev–Trinajstić information content (AvgIpc) is 2.46. The van der Waals surface area contributed by atoms with E-state index in [9.17, 15) is 13.2 Å². The Balaban J connectivity index is 2.01. The van der Waals surface area contributed by atoms with Gasteiger partial charge in [-0.2, -0.15) is 13.2 Å². The van der Waals surface area contributed by atoms with Gasteiger partial charge in [0.25, 0.3) is 0 Å². The van der Waals surface area contributed by atoms with E-state index >= 15 is 0 Å². The van der Waals surface area contributed by atoms with E-state index in [1.807, 2.05) is 36.1 Å². The van der Waals surface area contributed by atoms with Crippen LogP contribution < -0.4 is 5.32 Å². The fourth-order valence-electron chi connectivity index (χ4n) is 2.85. The highest BCUT2D eigenvalue weighted by Gasteiger charge is 2.41. The van der Waals surface area contributed by atoms with Crippen LogP contribution in [0, 0.1) is 5.92 Å². The van der Waals surface area contributed by atoms with Crippen LogP contribution in [0.3, 0.4) is 0 Å². The Morgan fingerprint density at radius 2 is 1.95 bits per heavy atom. The molecule has 1 aromatic rings. The van der Waals surface area contributed by atoms with E-state index in [1.54, 1.807) is 0 Å².